The Morgan fingerprint density at radius 3 is 2.53 bits per heavy atom. The van der Waals surface area contributed by atoms with Gasteiger partial charge in [-0.15, -0.1) is 0 Å². The predicted octanol–water partition coefficient (Wildman–Crippen LogP) is 4.14. The first-order valence-corrected chi connectivity index (χ1v) is 11.4. The monoisotopic (exact) mass is 464 g/mol. The second-order valence-electron chi connectivity index (χ2n) is 8.03. The van der Waals surface area contributed by atoms with Crippen molar-refractivity contribution in [3.8, 4) is 11.3 Å². The normalized spacial score (nSPS) is 14.6. The van der Waals surface area contributed by atoms with Crippen molar-refractivity contribution in [2.45, 2.75) is 26.1 Å². The summed E-state index contributed by atoms with van der Waals surface area (Å²) in [5, 5.41) is 0. The van der Waals surface area contributed by atoms with Crippen LogP contribution < -0.4 is 4.90 Å². The van der Waals surface area contributed by atoms with Crippen molar-refractivity contribution in [2.24, 2.45) is 0 Å². The minimum absolute atomic E-state index is 0.230. The van der Waals surface area contributed by atoms with Gasteiger partial charge in [0.05, 0.1) is 24.5 Å². The van der Waals surface area contributed by atoms with Crippen LogP contribution in [0.5, 0.6) is 0 Å². The van der Waals surface area contributed by atoms with Gasteiger partial charge in [0.2, 0.25) is 5.95 Å². The van der Waals surface area contributed by atoms with Gasteiger partial charge in [-0.2, -0.15) is 0 Å². The second-order valence-corrected chi connectivity index (χ2v) is 8.03. The molecule has 2 aromatic carbocycles. The molecule has 0 saturated carbocycles. The zero-order valence-corrected chi connectivity index (χ0v) is 19.5. The molecule has 0 bridgehead atoms. The molecule has 0 N–H and O–H groups in total. The minimum atomic E-state index is -0.458. The Labute approximate surface area is 199 Å². The van der Waals surface area contributed by atoms with E-state index in [9.17, 15) is 9.18 Å². The smallest absolute Gasteiger partial charge is 0.259 e. The molecule has 34 heavy (non-hydrogen) atoms. The number of carbonyl (C=O) groups excluding carboxylic acids is 1. The lowest BCUT2D eigenvalue weighted by Gasteiger charge is -2.31. The molecular weight excluding hydrogens is 435 g/mol. The first-order valence-electron chi connectivity index (χ1n) is 11.4. The van der Waals surface area contributed by atoms with Crippen LogP contribution in [0.4, 0.5) is 10.3 Å². The van der Waals surface area contributed by atoms with E-state index in [-0.39, 0.29) is 22.7 Å². The average molecular weight is 465 g/mol. The van der Waals surface area contributed by atoms with Crippen molar-refractivity contribution in [3.05, 3.63) is 77.7 Å². The molecule has 0 spiro atoms. The second kappa shape index (κ2) is 11.2. The number of aromatic nitrogens is 2. The highest BCUT2D eigenvalue weighted by Gasteiger charge is 2.29. The minimum Gasteiger partial charge on any atom is -0.378 e. The van der Waals surface area contributed by atoms with Crippen LogP contribution in [0.1, 0.15) is 29.3 Å². The van der Waals surface area contributed by atoms with Gasteiger partial charge in [0.25, 0.3) is 5.91 Å². The number of ether oxygens (including phenoxy) is 2. The largest absolute Gasteiger partial charge is 0.378 e. The molecule has 1 saturated heterocycles. The lowest BCUT2D eigenvalue weighted by molar-refractivity contribution is -0.0262. The third-order valence-corrected chi connectivity index (χ3v) is 5.85. The maximum atomic E-state index is 14.9. The lowest BCUT2D eigenvalue weighted by Crippen LogP contribution is -2.41. The van der Waals surface area contributed by atoms with Gasteiger partial charge in [0, 0.05) is 38.5 Å². The number of amides is 1. The van der Waals surface area contributed by atoms with Crippen molar-refractivity contribution < 1.29 is 18.7 Å². The third-order valence-electron chi connectivity index (χ3n) is 5.85. The fraction of sp³-hybridized carbons (Fsp3) is 0.346. The molecule has 8 heteroatoms. The highest BCUT2D eigenvalue weighted by molar-refractivity contribution is 6.00. The number of methoxy groups -OCH3 is 1. The number of rotatable bonds is 8. The highest BCUT2D eigenvalue weighted by Crippen LogP contribution is 2.28. The Morgan fingerprint density at radius 2 is 1.85 bits per heavy atom. The van der Waals surface area contributed by atoms with Crippen molar-refractivity contribution >= 4 is 11.9 Å². The Balaban J connectivity index is 1.78. The summed E-state index contributed by atoms with van der Waals surface area (Å²) < 4.78 is 25.9. The zero-order chi connectivity index (χ0) is 23.9. The fourth-order valence-electron chi connectivity index (χ4n) is 4.06. The van der Waals surface area contributed by atoms with Crippen molar-refractivity contribution in [1.82, 2.24) is 14.9 Å². The van der Waals surface area contributed by atoms with E-state index in [4.69, 9.17) is 9.47 Å². The summed E-state index contributed by atoms with van der Waals surface area (Å²) in [5.41, 5.74) is 1.72. The molecule has 1 unspecified atom stereocenters. The molecule has 1 fully saturated rings. The van der Waals surface area contributed by atoms with Gasteiger partial charge in [-0.05, 0) is 24.1 Å². The van der Waals surface area contributed by atoms with E-state index >= 15 is 0 Å². The molecule has 0 radical (unpaired) electrons. The summed E-state index contributed by atoms with van der Waals surface area (Å²) in [4.78, 5) is 26.7. The van der Waals surface area contributed by atoms with Gasteiger partial charge < -0.3 is 19.3 Å². The van der Waals surface area contributed by atoms with E-state index in [2.05, 4.69) is 9.97 Å². The summed E-state index contributed by atoms with van der Waals surface area (Å²) in [7, 11) is 1.58. The SMILES string of the molecule is CCC(OC)N(Cc1ccccc1)C(=O)c1cnc(N2CCOCC2)nc1-c1ccccc1F. The van der Waals surface area contributed by atoms with E-state index in [1.165, 1.54) is 12.3 Å². The Hall–Kier alpha value is -3.36. The number of halogens is 1. The zero-order valence-electron chi connectivity index (χ0n) is 19.5. The molecule has 7 nitrogen and oxygen atoms in total. The fourth-order valence-corrected chi connectivity index (χ4v) is 4.06. The lowest BCUT2D eigenvalue weighted by atomic mass is 10.0. The van der Waals surface area contributed by atoms with Crippen molar-refractivity contribution in [2.75, 3.05) is 38.3 Å². The van der Waals surface area contributed by atoms with Gasteiger partial charge in [-0.3, -0.25) is 4.79 Å². The molecule has 1 aromatic heterocycles. The van der Waals surface area contributed by atoms with Gasteiger partial charge in [0.1, 0.15) is 12.0 Å². The Kier molecular flexibility index (Phi) is 7.82. The topological polar surface area (TPSA) is 67.8 Å². The van der Waals surface area contributed by atoms with Crippen LogP contribution in [0, 0.1) is 5.82 Å². The first-order chi connectivity index (χ1) is 16.6. The average Bonchev–Trinajstić information content (AvgIpc) is 2.89. The standard InChI is InChI=1S/C26H29FN4O3/c1-3-23(33-2)31(18-19-9-5-4-6-10-19)25(32)21-17-28-26(30-13-15-34-16-14-30)29-24(21)20-11-7-8-12-22(20)27/h4-12,17,23H,3,13-16,18H2,1-2H3. The molecule has 1 atom stereocenters. The van der Waals surface area contributed by atoms with Crippen LogP contribution in [0.2, 0.25) is 0 Å². The van der Waals surface area contributed by atoms with Crippen LogP contribution in [-0.2, 0) is 16.0 Å². The summed E-state index contributed by atoms with van der Waals surface area (Å²) in [6, 6.07) is 16.0. The summed E-state index contributed by atoms with van der Waals surface area (Å²) >= 11 is 0. The van der Waals surface area contributed by atoms with Crippen LogP contribution in [0.3, 0.4) is 0 Å². The van der Waals surface area contributed by atoms with E-state index in [0.717, 1.165) is 5.56 Å². The number of morpholine rings is 1. The molecule has 2 heterocycles. The molecule has 1 aliphatic rings. The van der Waals surface area contributed by atoms with Crippen molar-refractivity contribution in [3.63, 3.8) is 0 Å². The van der Waals surface area contributed by atoms with Crippen LogP contribution in [0.15, 0.2) is 60.8 Å². The first kappa shape index (κ1) is 23.8. The molecule has 178 valence electrons. The van der Waals surface area contributed by atoms with Crippen molar-refractivity contribution in [1.29, 1.82) is 0 Å². The maximum absolute atomic E-state index is 14.9. The molecule has 1 amide bonds. The number of carbonyl (C=O) groups is 1. The highest BCUT2D eigenvalue weighted by atomic mass is 19.1. The molecule has 3 aromatic rings. The molecule has 0 aliphatic carbocycles. The summed E-state index contributed by atoms with van der Waals surface area (Å²) in [6.45, 7) is 4.69. The Bertz CT molecular complexity index is 1100. The molecule has 4 rings (SSSR count). The molecular formula is C26H29FN4O3. The predicted molar refractivity (Wildman–Crippen MR) is 128 cm³/mol. The number of nitrogens with zero attached hydrogens (tertiary/aromatic N) is 4. The van der Waals surface area contributed by atoms with E-state index in [1.807, 2.05) is 42.2 Å². The molecule has 1 aliphatic heterocycles. The van der Waals surface area contributed by atoms with Crippen LogP contribution >= 0.6 is 0 Å². The van der Waals surface area contributed by atoms with Gasteiger partial charge in [0.15, 0.2) is 0 Å². The van der Waals surface area contributed by atoms with Gasteiger partial charge in [-0.25, -0.2) is 14.4 Å². The third kappa shape index (κ3) is 5.24. The van der Waals surface area contributed by atoms with E-state index < -0.39 is 12.0 Å². The van der Waals surface area contributed by atoms with Crippen LogP contribution in [0.25, 0.3) is 11.3 Å². The summed E-state index contributed by atoms with van der Waals surface area (Å²) in [6.07, 6.45) is 1.64. The quantitative estimate of drug-likeness (QED) is 0.467. The van der Waals surface area contributed by atoms with E-state index in [0.29, 0.717) is 45.2 Å². The Morgan fingerprint density at radius 1 is 1.15 bits per heavy atom. The number of anilines is 1. The van der Waals surface area contributed by atoms with Gasteiger partial charge in [-0.1, -0.05) is 49.4 Å². The van der Waals surface area contributed by atoms with Crippen LogP contribution in [-0.4, -0.2) is 60.4 Å². The maximum Gasteiger partial charge on any atom is 0.259 e. The number of hydrogen-bond acceptors (Lipinski definition) is 6. The summed E-state index contributed by atoms with van der Waals surface area (Å²) in [5.74, 6) is -0.313. The van der Waals surface area contributed by atoms with Gasteiger partial charge >= 0.3 is 0 Å². The van der Waals surface area contributed by atoms with E-state index in [1.54, 1.807) is 30.2 Å². The number of hydrogen-bond donors (Lipinski definition) is 0. The number of benzene rings is 2.